The number of hydrogen-bond donors (Lipinski definition) is 1. The zero-order valence-electron chi connectivity index (χ0n) is 30.0. The molecule has 0 amide bonds. The predicted octanol–water partition coefficient (Wildman–Crippen LogP) is 8.81. The summed E-state index contributed by atoms with van der Waals surface area (Å²) in [6.07, 6.45) is 23.5. The van der Waals surface area contributed by atoms with Gasteiger partial charge in [0.05, 0.1) is 6.61 Å². The van der Waals surface area contributed by atoms with Crippen LogP contribution in [0.5, 0.6) is 0 Å². The van der Waals surface area contributed by atoms with Crippen molar-refractivity contribution in [2.75, 3.05) is 34.1 Å². The molecule has 1 aliphatic carbocycles. The van der Waals surface area contributed by atoms with E-state index in [2.05, 4.69) is 81.1 Å². The van der Waals surface area contributed by atoms with Crippen molar-refractivity contribution >= 4 is 50.9 Å². The average Bonchev–Trinajstić information content (AvgIpc) is 3.26. The van der Waals surface area contributed by atoms with Crippen LogP contribution in [0, 0.1) is 23.7 Å². The number of carbonyl (C=O) groups excluding carboxylic acids is 1. The minimum atomic E-state index is -1.38. The molecule has 6 atom stereocenters. The maximum absolute atomic E-state index is 12.5. The number of allylic oxidation sites excluding steroid dienone is 11. The Morgan fingerprint density at radius 1 is 1.23 bits per heavy atom. The van der Waals surface area contributed by atoms with Crippen LogP contribution in [0.3, 0.4) is 0 Å². The summed E-state index contributed by atoms with van der Waals surface area (Å²) in [6.45, 7) is 11.5. The molecule has 3 rings (SSSR count). The number of aliphatic hydroxyl groups excluding tert-OH is 1. The summed E-state index contributed by atoms with van der Waals surface area (Å²) in [5.74, 6) is 3.35. The van der Waals surface area contributed by atoms with E-state index in [4.69, 9.17) is 18.9 Å². The molecule has 0 aromatic rings. The van der Waals surface area contributed by atoms with E-state index in [-0.39, 0.29) is 45.1 Å². The summed E-state index contributed by atoms with van der Waals surface area (Å²) >= 11 is -1.64. The monoisotopic (exact) mass is 893 g/mol. The summed E-state index contributed by atoms with van der Waals surface area (Å²) in [5, 5.41) is 10.3. The van der Waals surface area contributed by atoms with Gasteiger partial charge in [-0.15, -0.1) is 0 Å². The topological polar surface area (TPSA) is 87.0 Å². The average molecular weight is 894 g/mol. The molecule has 3 aliphatic rings. The van der Waals surface area contributed by atoms with Gasteiger partial charge in [0.1, 0.15) is 5.76 Å². The Balaban J connectivity index is 1.88. The van der Waals surface area contributed by atoms with E-state index in [1.165, 1.54) is 11.1 Å². The fraction of sp³-hybridized carbons (Fsp3) is 0.590. The van der Waals surface area contributed by atoms with Gasteiger partial charge in [0.15, 0.2) is 6.10 Å². The van der Waals surface area contributed by atoms with Crippen molar-refractivity contribution in [2.45, 2.75) is 85.5 Å². The zero-order chi connectivity index (χ0) is 34.9. The van der Waals surface area contributed by atoms with E-state index >= 15 is 0 Å². The molecule has 9 heteroatoms. The summed E-state index contributed by atoms with van der Waals surface area (Å²) in [5.41, 5.74) is 2.75. The third-order valence-electron chi connectivity index (χ3n) is 8.26. The number of halogens is 2. The molecule has 0 saturated carbocycles. The van der Waals surface area contributed by atoms with Crippen molar-refractivity contribution in [3.05, 3.63) is 83.1 Å². The number of rotatable bonds is 13. The molecule has 7 nitrogen and oxygen atoms in total. The Morgan fingerprint density at radius 2 is 2.04 bits per heavy atom. The summed E-state index contributed by atoms with van der Waals surface area (Å²) in [7, 11) is 0. The second-order valence-corrected chi connectivity index (χ2v) is 19.8. The number of aliphatic hydroxyl groups is 2. The van der Waals surface area contributed by atoms with Crippen LogP contribution >= 0.6 is 41.0 Å². The summed E-state index contributed by atoms with van der Waals surface area (Å²) in [6, 6.07) is 0. The molecule has 2 N–H and O–H groups in total. The Hall–Kier alpha value is -1.70. The molecule has 2 heterocycles. The van der Waals surface area contributed by atoms with Crippen molar-refractivity contribution in [2.24, 2.45) is 23.7 Å². The Kier molecular flexibility index (Phi) is 18.8. The first kappa shape index (κ1) is 40.7. The number of carbonyl (C=O) groups is 1. The molecule has 2 aliphatic heterocycles. The normalized spacial score (nSPS) is 27.1. The second kappa shape index (κ2) is 22.2. The molecular weight excluding hydrogens is 834 g/mol. The SMILES string of the molecule is C/C=C/C[C@H]1CCC(C)C=C/C(O[C@H](C)C(=O)OCCCC)=C\C=C\[C@@H](C)COC2=CCC3C=C(OCC(O)[OH+]I(C)C)CI=CC3=C21. The number of esters is 1. The van der Waals surface area contributed by atoms with Crippen LogP contribution in [0.1, 0.15) is 73.1 Å². The molecule has 0 aromatic carbocycles. The number of ether oxygens (including phenoxy) is 4. The molecule has 270 valence electrons. The van der Waals surface area contributed by atoms with Crippen LogP contribution in [0.25, 0.3) is 0 Å². The standard InChI is InChI=1S/C39H58I2O7/c1-8-10-14-31-18-16-28(3)17-20-33(47-30(5)39(43)44-22-11-9-2)15-12-13-29(4)26-46-36-21-19-32-23-34(24-40-25-35(32)38(31)36)45-27-37(42)48-41(6)7/h8,10,12-13,15,17,20-21,23,25,28-32,37,42H,9,11,14,16,18-19,22,24,26-27H2,1-7H3/p+1/b10-8+,13-12+,20-17?,33-15+/t28?,29-,30-,31+,32?,37?/m1/s1. The molecule has 0 radical (unpaired) electrons. The Labute approximate surface area is 307 Å². The van der Waals surface area contributed by atoms with E-state index in [1.807, 2.05) is 18.2 Å². The molecule has 0 fully saturated rings. The Morgan fingerprint density at radius 3 is 2.79 bits per heavy atom. The quantitative estimate of drug-likeness (QED) is 0.0379. The third kappa shape index (κ3) is 14.3. The second-order valence-electron chi connectivity index (χ2n) is 12.9. The van der Waals surface area contributed by atoms with Gasteiger partial charge < -0.3 is 9.47 Å². The van der Waals surface area contributed by atoms with Crippen molar-refractivity contribution in [3.8, 4) is 0 Å². The molecule has 0 saturated heterocycles. The predicted molar refractivity (Wildman–Crippen MR) is 216 cm³/mol. The fourth-order valence-corrected chi connectivity index (χ4v) is 9.46. The van der Waals surface area contributed by atoms with Crippen LogP contribution in [-0.2, 0) is 23.7 Å². The van der Waals surface area contributed by atoms with Gasteiger partial charge >= 0.3 is 181 Å². The molecule has 3 unspecified atom stereocenters. The molecule has 48 heavy (non-hydrogen) atoms. The fourth-order valence-electron chi connectivity index (χ4n) is 5.61. The van der Waals surface area contributed by atoms with Crippen LogP contribution < -0.4 is 0 Å². The minimum absolute atomic E-state index is 0.169. The summed E-state index contributed by atoms with van der Waals surface area (Å²) in [4.78, 5) is 16.8. The van der Waals surface area contributed by atoms with Crippen LogP contribution in [-0.4, -0.2) is 64.7 Å². The first-order chi connectivity index (χ1) is 23.1. The van der Waals surface area contributed by atoms with E-state index in [9.17, 15) is 9.90 Å². The molecule has 0 bridgehead atoms. The van der Waals surface area contributed by atoms with Crippen molar-refractivity contribution in [1.82, 2.24) is 0 Å². The first-order valence-electron chi connectivity index (χ1n) is 17.3. The number of hydrogen-bond acceptors (Lipinski definition) is 6. The van der Waals surface area contributed by atoms with Gasteiger partial charge in [0, 0.05) is 5.92 Å². The van der Waals surface area contributed by atoms with Crippen molar-refractivity contribution in [3.63, 3.8) is 0 Å². The van der Waals surface area contributed by atoms with E-state index in [1.54, 1.807) is 6.92 Å². The van der Waals surface area contributed by atoms with Gasteiger partial charge in [-0.25, -0.2) is 4.79 Å². The Bertz CT molecular complexity index is 1270. The number of unbranched alkanes of at least 4 members (excludes halogenated alkanes) is 1. The van der Waals surface area contributed by atoms with E-state index in [0.29, 0.717) is 30.8 Å². The first-order valence-corrected chi connectivity index (χ1v) is 25.4. The van der Waals surface area contributed by atoms with Gasteiger partial charge in [-0.05, 0) is 38.3 Å². The van der Waals surface area contributed by atoms with Gasteiger partial charge in [-0.1, -0.05) is 51.5 Å². The zero-order valence-corrected chi connectivity index (χ0v) is 34.3. The van der Waals surface area contributed by atoms with Crippen LogP contribution in [0.15, 0.2) is 83.1 Å². The number of fused-ring (bicyclic) bond motifs is 2. The van der Waals surface area contributed by atoms with Gasteiger partial charge in [-0.3, -0.25) is 0 Å². The molecular formula is C39H59I2O7+. The number of alkyl halides is 3. The van der Waals surface area contributed by atoms with Crippen molar-refractivity contribution < 1.29 is 31.9 Å². The van der Waals surface area contributed by atoms with Gasteiger partial charge in [0.2, 0.25) is 0 Å². The third-order valence-corrected chi connectivity index (χ3v) is 12.3. The van der Waals surface area contributed by atoms with Crippen LogP contribution in [0.2, 0.25) is 0 Å². The maximum atomic E-state index is 12.5. The van der Waals surface area contributed by atoms with Gasteiger partial charge in [-0.2, -0.15) is 0 Å². The van der Waals surface area contributed by atoms with Crippen LogP contribution in [0.4, 0.5) is 0 Å². The van der Waals surface area contributed by atoms with Crippen molar-refractivity contribution in [1.29, 1.82) is 0 Å². The summed E-state index contributed by atoms with van der Waals surface area (Å²) < 4.78 is 32.2. The van der Waals surface area contributed by atoms with Gasteiger partial charge in [0.25, 0.3) is 0 Å². The molecule has 0 spiro atoms. The molecule has 0 aromatic heterocycles. The van der Waals surface area contributed by atoms with E-state index < -0.39 is 32.6 Å². The van der Waals surface area contributed by atoms with E-state index in [0.717, 1.165) is 54.5 Å².